The van der Waals surface area contributed by atoms with Crippen molar-refractivity contribution in [3.05, 3.63) is 52.8 Å². The number of nitrogens with one attached hydrogen (secondary N) is 2. The van der Waals surface area contributed by atoms with Gasteiger partial charge in [-0.3, -0.25) is 4.72 Å². The Morgan fingerprint density at radius 1 is 1.20 bits per heavy atom. The van der Waals surface area contributed by atoms with Gasteiger partial charge >= 0.3 is 5.97 Å². The van der Waals surface area contributed by atoms with E-state index in [1.54, 1.807) is 6.07 Å². The average molecular weight is 437 g/mol. The van der Waals surface area contributed by atoms with Crippen molar-refractivity contribution in [2.75, 3.05) is 32.0 Å². The van der Waals surface area contributed by atoms with Crippen molar-refractivity contribution >= 4 is 21.7 Å². The highest BCUT2D eigenvalue weighted by Crippen LogP contribution is 2.37. The van der Waals surface area contributed by atoms with Crippen LogP contribution in [0.15, 0.2) is 35.2 Å². The summed E-state index contributed by atoms with van der Waals surface area (Å²) in [5.41, 5.74) is 1.16. The van der Waals surface area contributed by atoms with Crippen LogP contribution in [0.4, 0.5) is 10.1 Å². The molecule has 1 heterocycles. The zero-order valence-corrected chi connectivity index (χ0v) is 18.1. The highest BCUT2D eigenvalue weighted by atomic mass is 32.2. The van der Waals surface area contributed by atoms with Crippen LogP contribution >= 0.6 is 0 Å². The molecule has 1 aliphatic heterocycles. The van der Waals surface area contributed by atoms with Crippen molar-refractivity contribution in [2.45, 2.75) is 30.6 Å². The Hall–Kier alpha value is -2.65. The Morgan fingerprint density at radius 2 is 1.90 bits per heavy atom. The minimum absolute atomic E-state index is 0.0104. The van der Waals surface area contributed by atoms with E-state index in [1.807, 2.05) is 13.8 Å². The Kier molecular flexibility index (Phi) is 6.33. The average Bonchev–Trinajstić information content (AvgIpc) is 2.64. The van der Waals surface area contributed by atoms with Gasteiger partial charge < -0.3 is 14.8 Å². The SMILES string of the molecule is COC(=O)c1c(NS(=O)(=O)c2ccc(F)cc2C2CNC2)ccc(C(C)C)c1OC. The van der Waals surface area contributed by atoms with E-state index in [9.17, 15) is 17.6 Å². The second kappa shape index (κ2) is 8.61. The third-order valence-corrected chi connectivity index (χ3v) is 6.57. The molecule has 2 aromatic rings. The Bertz CT molecular complexity index is 1070. The minimum Gasteiger partial charge on any atom is -0.495 e. The minimum atomic E-state index is -4.11. The lowest BCUT2D eigenvalue weighted by Crippen LogP contribution is -2.40. The molecule has 0 radical (unpaired) electrons. The van der Waals surface area contributed by atoms with Gasteiger partial charge in [-0.25, -0.2) is 17.6 Å². The van der Waals surface area contributed by atoms with Crippen LogP contribution in [0.5, 0.6) is 5.75 Å². The zero-order chi connectivity index (χ0) is 22.1. The van der Waals surface area contributed by atoms with Crippen LogP contribution in [0, 0.1) is 5.82 Å². The number of rotatable bonds is 7. The van der Waals surface area contributed by atoms with Crippen LogP contribution in [-0.4, -0.2) is 41.7 Å². The van der Waals surface area contributed by atoms with Gasteiger partial charge in [-0.1, -0.05) is 19.9 Å². The summed E-state index contributed by atoms with van der Waals surface area (Å²) in [6, 6.07) is 6.80. The first-order valence-corrected chi connectivity index (χ1v) is 11.0. The normalized spacial score (nSPS) is 14.3. The summed E-state index contributed by atoms with van der Waals surface area (Å²) in [7, 11) is -1.49. The standard InChI is InChI=1S/C21H25FN2O5S/c1-12(2)15-6-7-17(19(20(15)28-3)21(25)29-4)24-30(26,27)18-8-5-14(22)9-16(18)13-10-23-11-13/h5-9,12-13,23-24H,10-11H2,1-4H3. The first kappa shape index (κ1) is 22.0. The van der Waals surface area contributed by atoms with Crippen LogP contribution in [-0.2, 0) is 14.8 Å². The number of hydrogen-bond acceptors (Lipinski definition) is 6. The molecule has 1 fully saturated rings. The van der Waals surface area contributed by atoms with Gasteiger partial charge in [0.25, 0.3) is 10.0 Å². The van der Waals surface area contributed by atoms with Crippen LogP contribution in [0.1, 0.15) is 47.2 Å². The van der Waals surface area contributed by atoms with Crippen molar-refractivity contribution in [1.29, 1.82) is 0 Å². The molecule has 2 N–H and O–H groups in total. The molecule has 9 heteroatoms. The van der Waals surface area contributed by atoms with E-state index in [2.05, 4.69) is 10.0 Å². The molecule has 30 heavy (non-hydrogen) atoms. The number of hydrogen-bond donors (Lipinski definition) is 2. The zero-order valence-electron chi connectivity index (χ0n) is 17.3. The monoisotopic (exact) mass is 436 g/mol. The molecule has 0 spiro atoms. The summed E-state index contributed by atoms with van der Waals surface area (Å²) in [4.78, 5) is 12.5. The van der Waals surface area contributed by atoms with Crippen molar-refractivity contribution in [2.24, 2.45) is 0 Å². The molecule has 1 aliphatic rings. The Labute approximate surface area is 175 Å². The molecule has 0 aromatic heterocycles. The quantitative estimate of drug-likeness (QED) is 0.648. The number of carbonyl (C=O) groups excluding carboxylic acids is 1. The fourth-order valence-electron chi connectivity index (χ4n) is 3.45. The maximum Gasteiger partial charge on any atom is 0.343 e. The molecular formula is C21H25FN2O5S. The second-order valence-corrected chi connectivity index (χ2v) is 9.05. The first-order chi connectivity index (χ1) is 14.2. The fourth-order valence-corrected chi connectivity index (χ4v) is 4.81. The summed E-state index contributed by atoms with van der Waals surface area (Å²) < 4.78 is 53.0. The van der Waals surface area contributed by atoms with Crippen LogP contribution in [0.2, 0.25) is 0 Å². The maximum atomic E-state index is 13.8. The highest BCUT2D eigenvalue weighted by molar-refractivity contribution is 7.92. The van der Waals surface area contributed by atoms with Crippen molar-refractivity contribution in [1.82, 2.24) is 5.32 Å². The molecule has 0 saturated carbocycles. The molecule has 1 saturated heterocycles. The summed E-state index contributed by atoms with van der Waals surface area (Å²) >= 11 is 0. The number of carbonyl (C=O) groups is 1. The van der Waals surface area contributed by atoms with Gasteiger partial charge in [0.1, 0.15) is 17.1 Å². The van der Waals surface area contributed by atoms with E-state index in [0.29, 0.717) is 18.7 Å². The first-order valence-electron chi connectivity index (χ1n) is 9.51. The van der Waals surface area contributed by atoms with Gasteiger partial charge in [-0.05, 0) is 41.3 Å². The van der Waals surface area contributed by atoms with Crippen molar-refractivity contribution in [3.63, 3.8) is 0 Å². The molecule has 0 unspecified atom stereocenters. The molecule has 7 nitrogen and oxygen atoms in total. The molecule has 0 bridgehead atoms. The third kappa shape index (κ3) is 4.13. The van der Waals surface area contributed by atoms with Gasteiger partial charge in [-0.15, -0.1) is 0 Å². The van der Waals surface area contributed by atoms with Crippen molar-refractivity contribution in [3.8, 4) is 5.75 Å². The van der Waals surface area contributed by atoms with E-state index in [4.69, 9.17) is 9.47 Å². The topological polar surface area (TPSA) is 93.7 Å². The number of anilines is 1. The van der Waals surface area contributed by atoms with E-state index >= 15 is 0 Å². The van der Waals surface area contributed by atoms with Crippen LogP contribution in [0.25, 0.3) is 0 Å². The molecule has 162 valence electrons. The van der Waals surface area contributed by atoms with Crippen LogP contribution < -0.4 is 14.8 Å². The summed E-state index contributed by atoms with van der Waals surface area (Å²) in [5.74, 6) is -1.06. The van der Waals surface area contributed by atoms with Crippen LogP contribution in [0.3, 0.4) is 0 Å². The number of halogens is 1. The summed E-state index contributed by atoms with van der Waals surface area (Å²) in [6.45, 7) is 4.99. The summed E-state index contributed by atoms with van der Waals surface area (Å²) in [6.07, 6.45) is 0. The fraction of sp³-hybridized carbons (Fsp3) is 0.381. The second-order valence-electron chi connectivity index (χ2n) is 7.40. The van der Waals surface area contributed by atoms with E-state index in [1.165, 1.54) is 32.4 Å². The lowest BCUT2D eigenvalue weighted by Gasteiger charge is -2.29. The Morgan fingerprint density at radius 3 is 2.43 bits per heavy atom. The van der Waals surface area contributed by atoms with Gasteiger partial charge in [0, 0.05) is 19.0 Å². The van der Waals surface area contributed by atoms with Crippen molar-refractivity contribution < 1.29 is 27.1 Å². The van der Waals surface area contributed by atoms with E-state index in [-0.39, 0.29) is 33.7 Å². The highest BCUT2D eigenvalue weighted by Gasteiger charge is 2.30. The van der Waals surface area contributed by atoms with Gasteiger partial charge in [-0.2, -0.15) is 0 Å². The number of ether oxygens (including phenoxy) is 2. The smallest absolute Gasteiger partial charge is 0.343 e. The van der Waals surface area contributed by atoms with E-state index in [0.717, 1.165) is 11.6 Å². The largest absolute Gasteiger partial charge is 0.495 e. The number of sulfonamides is 1. The number of esters is 1. The lowest BCUT2D eigenvalue weighted by molar-refractivity contribution is 0.0598. The molecule has 0 aliphatic carbocycles. The third-order valence-electron chi connectivity index (χ3n) is 5.13. The molecule has 0 amide bonds. The van der Waals surface area contributed by atoms with E-state index < -0.39 is 21.8 Å². The van der Waals surface area contributed by atoms with Gasteiger partial charge in [0.15, 0.2) is 0 Å². The molecule has 0 atom stereocenters. The molecule has 2 aromatic carbocycles. The number of methoxy groups -OCH3 is 2. The van der Waals surface area contributed by atoms with Gasteiger partial charge in [0.2, 0.25) is 0 Å². The molecular weight excluding hydrogens is 411 g/mol. The predicted octanol–water partition coefficient (Wildman–Crippen LogP) is 3.23. The lowest BCUT2D eigenvalue weighted by atomic mass is 9.94. The maximum absolute atomic E-state index is 13.8. The Balaban J connectivity index is 2.11. The predicted molar refractivity (Wildman–Crippen MR) is 111 cm³/mol. The van der Waals surface area contributed by atoms with Gasteiger partial charge in [0.05, 0.1) is 24.8 Å². The number of benzene rings is 2. The molecule has 3 rings (SSSR count). The summed E-state index contributed by atoms with van der Waals surface area (Å²) in [5, 5.41) is 3.06.